The summed E-state index contributed by atoms with van der Waals surface area (Å²) in [5.41, 5.74) is 1.90. The zero-order valence-electron chi connectivity index (χ0n) is 15.2. The Bertz CT molecular complexity index is 749. The van der Waals surface area contributed by atoms with Crippen molar-refractivity contribution in [3.8, 4) is 0 Å². The number of nitrogens with one attached hydrogen (secondary N) is 1. The first-order chi connectivity index (χ1) is 12.5. The number of amides is 3. The molecule has 0 radical (unpaired) electrons. The van der Waals surface area contributed by atoms with E-state index in [4.69, 9.17) is 0 Å². The summed E-state index contributed by atoms with van der Waals surface area (Å²) >= 11 is 1.43. The second-order valence-electron chi connectivity index (χ2n) is 6.67. The topological polar surface area (TPSA) is 66.5 Å². The highest BCUT2D eigenvalue weighted by molar-refractivity contribution is 8.04. The zero-order chi connectivity index (χ0) is 18.7. The number of nitrogens with zero attached hydrogens (tertiary/aromatic N) is 1. The third-order valence-corrected chi connectivity index (χ3v) is 5.75. The molecule has 3 rings (SSSR count). The van der Waals surface area contributed by atoms with Gasteiger partial charge in [0.05, 0.1) is 10.5 Å². The first-order valence-electron chi connectivity index (χ1n) is 9.16. The SMILES string of the molecule is CCSC1=C(c2ccc(NC(C)=O)cc2)C(=O)N(C2CCCCC2)C1=O. The van der Waals surface area contributed by atoms with Crippen molar-refractivity contribution < 1.29 is 14.4 Å². The van der Waals surface area contributed by atoms with Crippen LogP contribution in [0.5, 0.6) is 0 Å². The summed E-state index contributed by atoms with van der Waals surface area (Å²) in [6.45, 7) is 3.43. The molecule has 1 heterocycles. The minimum absolute atomic E-state index is 0.0207. The standard InChI is InChI=1S/C20H24N2O3S/c1-3-26-18-17(14-9-11-15(12-10-14)21-13(2)23)19(24)22(20(18)25)16-7-5-4-6-8-16/h9-12,16H,3-8H2,1-2H3,(H,21,23). The van der Waals surface area contributed by atoms with Gasteiger partial charge in [0.1, 0.15) is 0 Å². The Morgan fingerprint density at radius 1 is 1.12 bits per heavy atom. The van der Waals surface area contributed by atoms with Crippen LogP contribution in [-0.2, 0) is 14.4 Å². The van der Waals surface area contributed by atoms with Crippen LogP contribution in [0, 0.1) is 0 Å². The Balaban J connectivity index is 1.92. The first-order valence-corrected chi connectivity index (χ1v) is 10.1. The number of hydrogen-bond donors (Lipinski definition) is 1. The molecule has 1 aromatic rings. The van der Waals surface area contributed by atoms with Crippen molar-refractivity contribution in [3.63, 3.8) is 0 Å². The Labute approximate surface area is 158 Å². The number of anilines is 1. The van der Waals surface area contributed by atoms with Crippen molar-refractivity contribution in [1.82, 2.24) is 4.90 Å². The van der Waals surface area contributed by atoms with Gasteiger partial charge in [-0.25, -0.2) is 0 Å². The molecule has 1 aliphatic carbocycles. The normalized spacial score (nSPS) is 18.6. The van der Waals surface area contributed by atoms with Crippen LogP contribution in [0.4, 0.5) is 5.69 Å². The van der Waals surface area contributed by atoms with E-state index < -0.39 is 0 Å². The lowest BCUT2D eigenvalue weighted by Gasteiger charge is -2.29. The minimum Gasteiger partial charge on any atom is -0.326 e. The van der Waals surface area contributed by atoms with Gasteiger partial charge in [-0.15, -0.1) is 11.8 Å². The van der Waals surface area contributed by atoms with Crippen LogP contribution < -0.4 is 5.32 Å². The lowest BCUT2D eigenvalue weighted by Crippen LogP contribution is -2.42. The fourth-order valence-electron chi connectivity index (χ4n) is 3.65. The van der Waals surface area contributed by atoms with Gasteiger partial charge in [-0.05, 0) is 36.3 Å². The van der Waals surface area contributed by atoms with E-state index >= 15 is 0 Å². The van der Waals surface area contributed by atoms with Gasteiger partial charge < -0.3 is 5.32 Å². The lowest BCUT2D eigenvalue weighted by atomic mass is 9.94. The first kappa shape index (κ1) is 18.7. The Hall–Kier alpha value is -2.08. The van der Waals surface area contributed by atoms with Crippen molar-refractivity contribution in [2.45, 2.75) is 52.0 Å². The lowest BCUT2D eigenvalue weighted by molar-refractivity contribution is -0.140. The van der Waals surface area contributed by atoms with Crippen LogP contribution in [0.25, 0.3) is 5.57 Å². The number of benzene rings is 1. The average molecular weight is 372 g/mol. The molecule has 1 aromatic carbocycles. The zero-order valence-corrected chi connectivity index (χ0v) is 16.0. The van der Waals surface area contributed by atoms with Crippen LogP contribution >= 0.6 is 11.8 Å². The monoisotopic (exact) mass is 372 g/mol. The molecule has 0 spiro atoms. The average Bonchev–Trinajstić information content (AvgIpc) is 2.87. The van der Waals surface area contributed by atoms with Gasteiger partial charge >= 0.3 is 0 Å². The smallest absolute Gasteiger partial charge is 0.268 e. The van der Waals surface area contributed by atoms with E-state index in [0.29, 0.717) is 16.2 Å². The van der Waals surface area contributed by atoms with Crippen LogP contribution in [0.15, 0.2) is 29.2 Å². The molecule has 3 amide bonds. The van der Waals surface area contributed by atoms with Gasteiger partial charge in [0.2, 0.25) is 5.91 Å². The number of imide groups is 1. The van der Waals surface area contributed by atoms with Gasteiger partial charge in [-0.1, -0.05) is 38.3 Å². The maximum Gasteiger partial charge on any atom is 0.268 e. The van der Waals surface area contributed by atoms with Crippen molar-refractivity contribution >= 4 is 40.7 Å². The maximum atomic E-state index is 13.1. The Kier molecular flexibility index (Phi) is 5.81. The van der Waals surface area contributed by atoms with Gasteiger partial charge in [-0.3, -0.25) is 19.3 Å². The van der Waals surface area contributed by atoms with E-state index in [9.17, 15) is 14.4 Å². The third kappa shape index (κ3) is 3.70. The van der Waals surface area contributed by atoms with E-state index in [1.807, 2.05) is 6.92 Å². The highest BCUT2D eigenvalue weighted by Gasteiger charge is 2.42. The molecule has 0 unspecified atom stereocenters. The van der Waals surface area contributed by atoms with E-state index in [1.165, 1.54) is 30.0 Å². The van der Waals surface area contributed by atoms with E-state index in [2.05, 4.69) is 5.32 Å². The molecule has 0 bridgehead atoms. The number of carbonyl (C=O) groups excluding carboxylic acids is 3. The van der Waals surface area contributed by atoms with Crippen LogP contribution in [0.2, 0.25) is 0 Å². The summed E-state index contributed by atoms with van der Waals surface area (Å²) < 4.78 is 0. The summed E-state index contributed by atoms with van der Waals surface area (Å²) in [6, 6.07) is 7.14. The molecule has 138 valence electrons. The predicted molar refractivity (Wildman–Crippen MR) is 105 cm³/mol. The molecular weight excluding hydrogens is 348 g/mol. The molecule has 6 heteroatoms. The van der Waals surface area contributed by atoms with Crippen LogP contribution in [-0.4, -0.2) is 34.4 Å². The van der Waals surface area contributed by atoms with Crippen LogP contribution in [0.1, 0.15) is 51.5 Å². The van der Waals surface area contributed by atoms with Crippen molar-refractivity contribution in [2.24, 2.45) is 0 Å². The summed E-state index contributed by atoms with van der Waals surface area (Å²) in [5, 5.41) is 2.72. The van der Waals surface area contributed by atoms with Gasteiger partial charge in [0.25, 0.3) is 11.8 Å². The van der Waals surface area contributed by atoms with Crippen LogP contribution in [0.3, 0.4) is 0 Å². The molecule has 1 aliphatic heterocycles. The van der Waals surface area contributed by atoms with E-state index in [1.54, 1.807) is 24.3 Å². The third-order valence-electron chi connectivity index (χ3n) is 4.80. The van der Waals surface area contributed by atoms with E-state index in [0.717, 1.165) is 37.0 Å². The number of hydrogen-bond acceptors (Lipinski definition) is 4. The molecule has 0 aromatic heterocycles. The van der Waals surface area contributed by atoms with Crippen molar-refractivity contribution in [3.05, 3.63) is 34.7 Å². The summed E-state index contributed by atoms with van der Waals surface area (Å²) in [4.78, 5) is 39.3. The molecule has 26 heavy (non-hydrogen) atoms. The fourth-order valence-corrected chi connectivity index (χ4v) is 4.51. The molecule has 0 atom stereocenters. The molecule has 5 nitrogen and oxygen atoms in total. The van der Waals surface area contributed by atoms with Crippen molar-refractivity contribution in [2.75, 3.05) is 11.1 Å². The van der Waals surface area contributed by atoms with Gasteiger partial charge in [-0.2, -0.15) is 0 Å². The summed E-state index contributed by atoms with van der Waals surface area (Å²) in [6.07, 6.45) is 5.11. The Morgan fingerprint density at radius 3 is 2.35 bits per heavy atom. The quantitative estimate of drug-likeness (QED) is 0.798. The predicted octanol–water partition coefficient (Wildman–Crippen LogP) is 3.81. The molecule has 1 saturated carbocycles. The highest BCUT2D eigenvalue weighted by Crippen LogP contribution is 2.39. The Morgan fingerprint density at radius 2 is 1.77 bits per heavy atom. The maximum absolute atomic E-state index is 13.1. The van der Waals surface area contributed by atoms with Gasteiger partial charge in [0.15, 0.2) is 0 Å². The second-order valence-corrected chi connectivity index (χ2v) is 7.94. The summed E-state index contributed by atoms with van der Waals surface area (Å²) in [7, 11) is 0. The second kappa shape index (κ2) is 8.08. The molecule has 2 aliphatic rings. The molecular formula is C20H24N2O3S. The number of carbonyl (C=O) groups is 3. The molecule has 1 fully saturated rings. The molecule has 1 N–H and O–H groups in total. The fraction of sp³-hybridized carbons (Fsp3) is 0.450. The largest absolute Gasteiger partial charge is 0.326 e. The molecule has 0 saturated heterocycles. The summed E-state index contributed by atoms with van der Waals surface area (Å²) in [5.74, 6) is 0.273. The number of thioether (sulfide) groups is 1. The van der Waals surface area contributed by atoms with Gasteiger partial charge in [0, 0.05) is 18.7 Å². The van der Waals surface area contributed by atoms with E-state index in [-0.39, 0.29) is 23.8 Å². The highest BCUT2D eigenvalue weighted by atomic mass is 32.2. The minimum atomic E-state index is -0.176. The number of rotatable bonds is 5. The van der Waals surface area contributed by atoms with Crippen molar-refractivity contribution in [1.29, 1.82) is 0 Å².